The minimum absolute atomic E-state index is 0.00478. The fraction of sp³-hybridized carbons (Fsp3) is 0.154. The summed E-state index contributed by atoms with van der Waals surface area (Å²) in [6.07, 6.45) is 0. The zero-order valence-corrected chi connectivity index (χ0v) is 12.2. The molecule has 0 saturated carbocycles. The summed E-state index contributed by atoms with van der Waals surface area (Å²) in [5.41, 5.74) is 0.167. The average molecular weight is 332 g/mol. The molecular weight excluding hydrogens is 323 g/mol. The van der Waals surface area contributed by atoms with E-state index < -0.39 is 23.6 Å². The van der Waals surface area contributed by atoms with Crippen molar-refractivity contribution in [2.24, 2.45) is 0 Å². The van der Waals surface area contributed by atoms with Gasteiger partial charge < -0.3 is 5.32 Å². The van der Waals surface area contributed by atoms with Gasteiger partial charge in [0, 0.05) is 11.6 Å². The maximum Gasteiger partial charge on any atom is 0.255 e. The van der Waals surface area contributed by atoms with Crippen LogP contribution in [-0.4, -0.2) is 16.1 Å². The van der Waals surface area contributed by atoms with Crippen molar-refractivity contribution in [3.8, 4) is 0 Å². The molecule has 0 aliphatic rings. The fourth-order valence-corrected chi connectivity index (χ4v) is 2.04. The van der Waals surface area contributed by atoms with Crippen LogP contribution in [0.5, 0.6) is 0 Å². The summed E-state index contributed by atoms with van der Waals surface area (Å²) in [6.45, 7) is 1.55. The van der Waals surface area contributed by atoms with Crippen LogP contribution in [0.1, 0.15) is 28.9 Å². The molecule has 0 radical (unpaired) electrons. The Morgan fingerprint density at radius 1 is 1.24 bits per heavy atom. The lowest BCUT2D eigenvalue weighted by Gasteiger charge is -2.15. The van der Waals surface area contributed by atoms with Gasteiger partial charge >= 0.3 is 0 Å². The van der Waals surface area contributed by atoms with E-state index in [0.29, 0.717) is 0 Å². The molecule has 0 fully saturated rings. The van der Waals surface area contributed by atoms with E-state index in [1.807, 2.05) is 0 Å². The number of carbonyl (C=O) groups excluding carboxylic acids is 1. The number of amides is 1. The summed E-state index contributed by atoms with van der Waals surface area (Å²) < 4.78 is 26.5. The third-order valence-electron chi connectivity index (χ3n) is 2.74. The highest BCUT2D eigenvalue weighted by Gasteiger charge is 2.18. The first-order valence-corrected chi connectivity index (χ1v) is 6.58. The molecule has 8 heteroatoms. The quantitative estimate of drug-likeness (QED) is 0.935. The predicted octanol–water partition coefficient (Wildman–Crippen LogP) is 3.55. The molecule has 1 heterocycles. The van der Waals surface area contributed by atoms with E-state index in [4.69, 9.17) is 23.2 Å². The molecule has 2 aromatic rings. The Morgan fingerprint density at radius 3 is 2.62 bits per heavy atom. The highest BCUT2D eigenvalue weighted by molar-refractivity contribution is 6.34. The average Bonchev–Trinajstić information content (AvgIpc) is 2.41. The number of rotatable bonds is 3. The largest absolute Gasteiger partial charge is 0.345 e. The molecule has 0 aliphatic heterocycles. The van der Waals surface area contributed by atoms with Crippen molar-refractivity contribution < 1.29 is 13.6 Å². The highest BCUT2D eigenvalue weighted by atomic mass is 35.5. The molecule has 0 bridgehead atoms. The van der Waals surface area contributed by atoms with Crippen LogP contribution in [0.15, 0.2) is 24.3 Å². The third kappa shape index (κ3) is 3.65. The van der Waals surface area contributed by atoms with Gasteiger partial charge in [-0.25, -0.2) is 8.78 Å². The van der Waals surface area contributed by atoms with Crippen molar-refractivity contribution in [1.29, 1.82) is 0 Å². The van der Waals surface area contributed by atoms with Crippen molar-refractivity contribution in [1.82, 2.24) is 15.5 Å². The smallest absolute Gasteiger partial charge is 0.255 e. The number of hydrogen-bond acceptors (Lipinski definition) is 3. The summed E-state index contributed by atoms with van der Waals surface area (Å²) in [5, 5.41) is 9.40. The Balaban J connectivity index is 2.20. The van der Waals surface area contributed by atoms with Gasteiger partial charge in [0.1, 0.15) is 11.6 Å². The van der Waals surface area contributed by atoms with Crippen LogP contribution in [0.25, 0.3) is 0 Å². The van der Waals surface area contributed by atoms with E-state index in [1.165, 1.54) is 12.1 Å². The molecule has 1 aromatic carbocycles. The molecule has 0 aliphatic carbocycles. The maximum absolute atomic E-state index is 13.6. The van der Waals surface area contributed by atoms with Crippen LogP contribution in [0.4, 0.5) is 8.78 Å². The van der Waals surface area contributed by atoms with Crippen LogP contribution < -0.4 is 5.32 Å². The summed E-state index contributed by atoms with van der Waals surface area (Å²) in [7, 11) is 0. The molecular formula is C13H9Cl2F2N3O. The van der Waals surface area contributed by atoms with Crippen molar-refractivity contribution >= 4 is 29.1 Å². The lowest BCUT2D eigenvalue weighted by molar-refractivity contribution is 0.0939. The van der Waals surface area contributed by atoms with E-state index in [0.717, 1.165) is 12.1 Å². The van der Waals surface area contributed by atoms with Gasteiger partial charge in [0.25, 0.3) is 5.91 Å². The first kappa shape index (κ1) is 15.6. The van der Waals surface area contributed by atoms with Crippen LogP contribution in [0, 0.1) is 11.6 Å². The van der Waals surface area contributed by atoms with Gasteiger partial charge in [0.05, 0.1) is 11.6 Å². The lowest BCUT2D eigenvalue weighted by Crippen LogP contribution is -2.27. The Bertz CT molecular complexity index is 697. The molecule has 1 amide bonds. The Hall–Kier alpha value is -1.79. The molecule has 0 spiro atoms. The Labute approximate surface area is 129 Å². The molecule has 1 N–H and O–H groups in total. The van der Waals surface area contributed by atoms with Gasteiger partial charge in [-0.2, -0.15) is 0 Å². The molecule has 1 unspecified atom stereocenters. The number of nitrogens with one attached hydrogen (secondary N) is 1. The monoisotopic (exact) mass is 331 g/mol. The van der Waals surface area contributed by atoms with Crippen molar-refractivity contribution in [2.45, 2.75) is 13.0 Å². The highest BCUT2D eigenvalue weighted by Crippen LogP contribution is 2.20. The van der Waals surface area contributed by atoms with Crippen LogP contribution in [0.3, 0.4) is 0 Å². The van der Waals surface area contributed by atoms with Gasteiger partial charge in [0.15, 0.2) is 10.3 Å². The predicted molar refractivity (Wildman–Crippen MR) is 74.3 cm³/mol. The topological polar surface area (TPSA) is 54.9 Å². The Kier molecular flexibility index (Phi) is 4.69. The van der Waals surface area contributed by atoms with Crippen LogP contribution >= 0.6 is 23.2 Å². The fourth-order valence-electron chi connectivity index (χ4n) is 1.72. The second-order valence-electron chi connectivity index (χ2n) is 4.23. The molecule has 4 nitrogen and oxygen atoms in total. The lowest BCUT2D eigenvalue weighted by atomic mass is 10.1. The summed E-state index contributed by atoms with van der Waals surface area (Å²) >= 11 is 11.4. The maximum atomic E-state index is 13.6. The molecule has 2 rings (SSSR count). The number of hydrogen-bond donors (Lipinski definition) is 1. The number of halogens is 4. The summed E-state index contributed by atoms with van der Waals surface area (Å²) in [5.74, 6) is -2.03. The first-order valence-electron chi connectivity index (χ1n) is 5.83. The van der Waals surface area contributed by atoms with E-state index >= 15 is 0 Å². The molecule has 1 atom stereocenters. The van der Waals surface area contributed by atoms with Gasteiger partial charge in [0.2, 0.25) is 0 Å². The summed E-state index contributed by atoms with van der Waals surface area (Å²) in [4.78, 5) is 12.1. The number of benzene rings is 1. The normalized spacial score (nSPS) is 12.0. The van der Waals surface area contributed by atoms with E-state index in [1.54, 1.807) is 6.92 Å². The zero-order valence-electron chi connectivity index (χ0n) is 10.7. The van der Waals surface area contributed by atoms with Gasteiger partial charge in [-0.1, -0.05) is 29.3 Å². The number of aromatic nitrogens is 2. The van der Waals surface area contributed by atoms with Crippen molar-refractivity contribution in [3.05, 3.63) is 57.3 Å². The second-order valence-corrected chi connectivity index (χ2v) is 4.98. The van der Waals surface area contributed by atoms with Crippen molar-refractivity contribution in [3.63, 3.8) is 0 Å². The molecule has 1 aromatic heterocycles. The van der Waals surface area contributed by atoms with E-state index in [9.17, 15) is 13.6 Å². The van der Waals surface area contributed by atoms with Gasteiger partial charge in [-0.15, -0.1) is 10.2 Å². The molecule has 110 valence electrons. The zero-order chi connectivity index (χ0) is 15.6. The van der Waals surface area contributed by atoms with Crippen LogP contribution in [0.2, 0.25) is 10.3 Å². The standard InChI is InChI=1S/C13H9Cl2F2N3O/c1-6(8-3-2-7(16)4-10(8)17)18-13(21)9-5-11(14)19-20-12(9)15/h2-6H,1H3,(H,18,21). The number of nitrogens with zero attached hydrogens (tertiary/aromatic N) is 2. The SMILES string of the molecule is CC(NC(=O)c1cc(Cl)nnc1Cl)c1ccc(F)cc1F. The molecule has 21 heavy (non-hydrogen) atoms. The third-order valence-corrected chi connectivity index (χ3v) is 3.20. The van der Waals surface area contributed by atoms with Crippen LogP contribution in [-0.2, 0) is 0 Å². The summed E-state index contributed by atoms with van der Waals surface area (Å²) in [6, 6.07) is 3.67. The first-order chi connectivity index (χ1) is 9.88. The Morgan fingerprint density at radius 2 is 1.95 bits per heavy atom. The van der Waals surface area contributed by atoms with Gasteiger partial charge in [-0.3, -0.25) is 4.79 Å². The van der Waals surface area contributed by atoms with Gasteiger partial charge in [-0.05, 0) is 19.1 Å². The molecule has 0 saturated heterocycles. The van der Waals surface area contributed by atoms with E-state index in [-0.39, 0.29) is 21.4 Å². The van der Waals surface area contributed by atoms with E-state index in [2.05, 4.69) is 15.5 Å². The number of carbonyl (C=O) groups is 1. The van der Waals surface area contributed by atoms with Crippen molar-refractivity contribution in [2.75, 3.05) is 0 Å². The minimum atomic E-state index is -0.750. The second kappa shape index (κ2) is 6.32. The minimum Gasteiger partial charge on any atom is -0.345 e.